The Morgan fingerprint density at radius 1 is 1.06 bits per heavy atom. The molecule has 2 nitrogen and oxygen atoms in total. The first-order valence-corrected chi connectivity index (χ1v) is 4.38. The van der Waals surface area contributed by atoms with E-state index in [1.807, 2.05) is 0 Å². The minimum Gasteiger partial charge on any atom is -0.466 e. The molecule has 0 fully saturated rings. The fourth-order valence-corrected chi connectivity index (χ4v) is 1.19. The zero-order valence-electron chi connectivity index (χ0n) is 8.49. The quantitative estimate of drug-likeness (QED) is 0.831. The molecular weight excluding hydrogens is 254 g/mol. The summed E-state index contributed by atoms with van der Waals surface area (Å²) in [4.78, 5) is 0. The molecule has 0 atom stereocenters. The molecule has 0 bridgehead atoms. The van der Waals surface area contributed by atoms with Crippen molar-refractivity contribution in [3.8, 4) is 0 Å². The third-order valence-corrected chi connectivity index (χ3v) is 2.16. The highest BCUT2D eigenvalue weighted by Gasteiger charge is 2.70. The Bertz CT molecular complexity index is 375. The summed E-state index contributed by atoms with van der Waals surface area (Å²) in [5, 5.41) is 8.84. The Kier molecular flexibility index (Phi) is 3.21. The van der Waals surface area contributed by atoms with E-state index in [0.717, 1.165) is 6.07 Å². The van der Waals surface area contributed by atoms with E-state index >= 15 is 0 Å². The van der Waals surface area contributed by atoms with Gasteiger partial charge in [0, 0.05) is 0 Å². The molecule has 1 aromatic heterocycles. The molecule has 98 valence electrons. The van der Waals surface area contributed by atoms with Crippen LogP contribution in [0.2, 0.25) is 0 Å². The van der Waals surface area contributed by atoms with Crippen molar-refractivity contribution in [2.75, 3.05) is 0 Å². The molecule has 0 saturated heterocycles. The van der Waals surface area contributed by atoms with E-state index in [2.05, 4.69) is 4.42 Å². The van der Waals surface area contributed by atoms with Crippen LogP contribution in [-0.2, 0) is 6.42 Å². The molecule has 0 aliphatic heterocycles. The molecule has 0 unspecified atom stereocenters. The van der Waals surface area contributed by atoms with Gasteiger partial charge in [0.15, 0.2) is 0 Å². The molecule has 1 N–H and O–H groups in total. The van der Waals surface area contributed by atoms with Gasteiger partial charge in [-0.25, -0.2) is 0 Å². The SMILES string of the molecule is Cc1ccc(CC(O)(C(F)(F)F)C(F)(F)F)o1. The van der Waals surface area contributed by atoms with Gasteiger partial charge < -0.3 is 9.52 Å². The van der Waals surface area contributed by atoms with Gasteiger partial charge >= 0.3 is 12.4 Å². The maximum absolute atomic E-state index is 12.3. The van der Waals surface area contributed by atoms with Gasteiger partial charge in [0.25, 0.3) is 5.60 Å². The second-order valence-corrected chi connectivity index (χ2v) is 3.54. The first-order chi connectivity index (χ1) is 7.47. The monoisotopic (exact) mass is 262 g/mol. The summed E-state index contributed by atoms with van der Waals surface area (Å²) in [6.45, 7) is 1.36. The third kappa shape index (κ3) is 2.56. The molecule has 1 heterocycles. The Hall–Kier alpha value is -1.18. The Morgan fingerprint density at radius 2 is 1.53 bits per heavy atom. The zero-order chi connectivity index (χ0) is 13.5. The molecule has 1 aromatic rings. The highest BCUT2D eigenvalue weighted by Crippen LogP contribution is 2.45. The highest BCUT2D eigenvalue weighted by molar-refractivity contribution is 5.11. The molecule has 0 saturated carbocycles. The zero-order valence-corrected chi connectivity index (χ0v) is 8.49. The van der Waals surface area contributed by atoms with E-state index in [4.69, 9.17) is 5.11 Å². The normalized spacial score (nSPS) is 14.1. The summed E-state index contributed by atoms with van der Waals surface area (Å²) in [7, 11) is 0. The number of furan rings is 1. The number of aryl methyl sites for hydroxylation is 1. The van der Waals surface area contributed by atoms with Crippen LogP contribution in [0.5, 0.6) is 0 Å². The van der Waals surface area contributed by atoms with Crippen molar-refractivity contribution in [1.29, 1.82) is 0 Å². The average molecular weight is 262 g/mol. The summed E-state index contributed by atoms with van der Waals surface area (Å²) in [6.07, 6.45) is -13.4. The first-order valence-electron chi connectivity index (χ1n) is 4.38. The van der Waals surface area contributed by atoms with Crippen LogP contribution in [0.25, 0.3) is 0 Å². The lowest BCUT2D eigenvalue weighted by Gasteiger charge is -2.31. The van der Waals surface area contributed by atoms with Crippen LogP contribution in [0, 0.1) is 6.92 Å². The molecule has 1 rings (SSSR count). The van der Waals surface area contributed by atoms with Crippen LogP contribution in [-0.4, -0.2) is 23.1 Å². The third-order valence-electron chi connectivity index (χ3n) is 2.16. The Morgan fingerprint density at radius 3 is 1.82 bits per heavy atom. The van der Waals surface area contributed by atoms with Crippen molar-refractivity contribution in [3.63, 3.8) is 0 Å². The van der Waals surface area contributed by atoms with Crippen LogP contribution in [0.1, 0.15) is 11.5 Å². The van der Waals surface area contributed by atoms with Gasteiger partial charge in [0.2, 0.25) is 0 Å². The van der Waals surface area contributed by atoms with Gasteiger partial charge in [-0.15, -0.1) is 0 Å². The van der Waals surface area contributed by atoms with Crippen molar-refractivity contribution >= 4 is 0 Å². The second-order valence-electron chi connectivity index (χ2n) is 3.54. The maximum atomic E-state index is 12.3. The largest absolute Gasteiger partial charge is 0.466 e. The van der Waals surface area contributed by atoms with E-state index < -0.39 is 30.1 Å². The first kappa shape index (κ1) is 13.9. The number of aliphatic hydroxyl groups is 1. The van der Waals surface area contributed by atoms with Crippen LogP contribution in [0.15, 0.2) is 16.5 Å². The summed E-state index contributed by atoms with van der Waals surface area (Å²) < 4.78 is 78.3. The van der Waals surface area contributed by atoms with Gasteiger partial charge in [0.05, 0.1) is 6.42 Å². The predicted octanol–water partition coefficient (Wildman–Crippen LogP) is 2.99. The van der Waals surface area contributed by atoms with Gasteiger partial charge in [-0.05, 0) is 19.1 Å². The second kappa shape index (κ2) is 3.94. The number of rotatable bonds is 2. The van der Waals surface area contributed by atoms with Crippen molar-refractivity contribution in [1.82, 2.24) is 0 Å². The fraction of sp³-hybridized carbons (Fsp3) is 0.556. The van der Waals surface area contributed by atoms with Crippen LogP contribution in [0.3, 0.4) is 0 Å². The van der Waals surface area contributed by atoms with Gasteiger partial charge in [0.1, 0.15) is 11.5 Å². The Balaban J connectivity index is 3.10. The smallest absolute Gasteiger partial charge is 0.426 e. The molecule has 0 spiro atoms. The van der Waals surface area contributed by atoms with E-state index in [1.165, 1.54) is 13.0 Å². The van der Waals surface area contributed by atoms with Crippen molar-refractivity contribution in [3.05, 3.63) is 23.7 Å². The standard InChI is InChI=1S/C9H8F6O2/c1-5-2-3-6(17-5)4-7(16,8(10,11)12)9(13,14)15/h2-3,16H,4H2,1H3. The van der Waals surface area contributed by atoms with Crippen LogP contribution in [0.4, 0.5) is 26.3 Å². The predicted molar refractivity (Wildman–Crippen MR) is 44.2 cm³/mol. The highest BCUT2D eigenvalue weighted by atomic mass is 19.4. The molecule has 0 aliphatic rings. The molecule has 8 heteroatoms. The molecule has 0 radical (unpaired) electrons. The molecule has 0 amide bonds. The lowest BCUT2D eigenvalue weighted by atomic mass is 9.97. The van der Waals surface area contributed by atoms with Gasteiger partial charge in [-0.3, -0.25) is 0 Å². The molecule has 17 heavy (non-hydrogen) atoms. The van der Waals surface area contributed by atoms with Crippen LogP contribution < -0.4 is 0 Å². The topological polar surface area (TPSA) is 33.4 Å². The average Bonchev–Trinajstić information content (AvgIpc) is 2.47. The van der Waals surface area contributed by atoms with Crippen molar-refractivity contribution in [2.24, 2.45) is 0 Å². The summed E-state index contributed by atoms with van der Waals surface area (Å²) in [5.41, 5.74) is -4.80. The number of hydrogen-bond acceptors (Lipinski definition) is 2. The molecule has 0 aliphatic carbocycles. The summed E-state index contributed by atoms with van der Waals surface area (Å²) >= 11 is 0. The number of alkyl halides is 6. The van der Waals surface area contributed by atoms with Crippen LogP contribution >= 0.6 is 0 Å². The molecular formula is C9H8F6O2. The van der Waals surface area contributed by atoms with Gasteiger partial charge in [-0.1, -0.05) is 0 Å². The minimum absolute atomic E-state index is 0.159. The lowest BCUT2D eigenvalue weighted by Crippen LogP contribution is -2.58. The molecule has 0 aromatic carbocycles. The minimum atomic E-state index is -5.83. The van der Waals surface area contributed by atoms with E-state index in [-0.39, 0.29) is 5.76 Å². The fourth-order valence-electron chi connectivity index (χ4n) is 1.19. The number of hydrogen-bond donors (Lipinski definition) is 1. The van der Waals surface area contributed by atoms with E-state index in [9.17, 15) is 26.3 Å². The maximum Gasteiger partial charge on any atom is 0.426 e. The summed E-state index contributed by atoms with van der Waals surface area (Å²) in [6, 6.07) is 2.17. The van der Waals surface area contributed by atoms with Crippen molar-refractivity contribution < 1.29 is 35.9 Å². The van der Waals surface area contributed by atoms with Crippen molar-refractivity contribution in [2.45, 2.75) is 31.3 Å². The van der Waals surface area contributed by atoms with Gasteiger partial charge in [-0.2, -0.15) is 26.3 Å². The van der Waals surface area contributed by atoms with E-state index in [1.54, 1.807) is 0 Å². The number of halogens is 6. The lowest BCUT2D eigenvalue weighted by molar-refractivity contribution is -0.368. The summed E-state index contributed by atoms with van der Waals surface area (Å²) in [5.74, 6) is -0.425. The Labute approximate surface area is 91.8 Å². The van der Waals surface area contributed by atoms with E-state index in [0.29, 0.717) is 0 Å².